The molecule has 1 aromatic rings. The molecule has 1 heterocycles. The van der Waals surface area contributed by atoms with E-state index in [0.29, 0.717) is 0 Å². The molecular weight excluding hydrogens is 272 g/mol. The summed E-state index contributed by atoms with van der Waals surface area (Å²) in [6.45, 7) is 5.71. The Morgan fingerprint density at radius 3 is 2.38 bits per heavy atom. The van der Waals surface area contributed by atoms with Gasteiger partial charge >= 0.3 is 5.91 Å². The normalized spacial score (nSPS) is 16.5. The van der Waals surface area contributed by atoms with Crippen LogP contribution >= 0.6 is 0 Å². The first-order valence-electron chi connectivity index (χ1n) is 7.28. The molecule has 116 valence electrons. The summed E-state index contributed by atoms with van der Waals surface area (Å²) in [6, 6.07) is 0. The lowest BCUT2D eigenvalue weighted by Gasteiger charge is -2.20. The second kappa shape index (κ2) is 6.19. The van der Waals surface area contributed by atoms with Crippen LogP contribution in [0.3, 0.4) is 0 Å². The Morgan fingerprint density at radius 2 is 1.81 bits per heavy atom. The van der Waals surface area contributed by atoms with Gasteiger partial charge in [-0.1, -0.05) is 19.3 Å². The number of hydrogen-bond donors (Lipinski definition) is 2. The monoisotopic (exact) mass is 294 g/mol. The maximum atomic E-state index is 11.9. The lowest BCUT2D eigenvalue weighted by Crippen LogP contribution is -2.45. The third-order valence-corrected chi connectivity index (χ3v) is 3.49. The maximum absolute atomic E-state index is 11.9. The number of nitrogens with one attached hydrogen (secondary N) is 2. The van der Waals surface area contributed by atoms with Crippen LogP contribution in [0, 0.1) is 5.92 Å². The van der Waals surface area contributed by atoms with Gasteiger partial charge in [0.15, 0.2) is 0 Å². The second-order valence-electron chi connectivity index (χ2n) is 6.35. The molecule has 1 aliphatic carbocycles. The van der Waals surface area contributed by atoms with Gasteiger partial charge < -0.3 is 0 Å². The van der Waals surface area contributed by atoms with E-state index < -0.39 is 5.91 Å². The smallest absolute Gasteiger partial charge is 0.273 e. The second-order valence-corrected chi connectivity index (χ2v) is 6.35. The Kier molecular flexibility index (Phi) is 4.54. The minimum absolute atomic E-state index is 0.0164. The van der Waals surface area contributed by atoms with Crippen LogP contribution in [0.2, 0.25) is 0 Å². The predicted molar refractivity (Wildman–Crippen MR) is 75.0 cm³/mol. The largest absolute Gasteiger partial charge is 0.311 e. The van der Waals surface area contributed by atoms with Crippen molar-refractivity contribution in [3.8, 4) is 0 Å². The van der Waals surface area contributed by atoms with E-state index in [-0.39, 0.29) is 23.2 Å². The molecule has 21 heavy (non-hydrogen) atoms. The van der Waals surface area contributed by atoms with Crippen molar-refractivity contribution >= 4 is 11.8 Å². The molecule has 1 saturated carbocycles. The summed E-state index contributed by atoms with van der Waals surface area (Å²) in [5.74, 6) is -0.785. The molecule has 2 amide bonds. The lowest BCUT2D eigenvalue weighted by molar-refractivity contribution is -0.126. The van der Waals surface area contributed by atoms with Crippen molar-refractivity contribution in [3.05, 3.63) is 5.82 Å². The van der Waals surface area contributed by atoms with Crippen LogP contribution < -0.4 is 10.9 Å². The Labute approximate surface area is 123 Å². The number of carbonyl (C=O) groups excluding carboxylic acids is 2. The van der Waals surface area contributed by atoms with Gasteiger partial charge in [-0.3, -0.25) is 20.4 Å². The fourth-order valence-electron chi connectivity index (χ4n) is 2.23. The molecule has 2 N–H and O–H groups in total. The van der Waals surface area contributed by atoms with Crippen molar-refractivity contribution < 1.29 is 9.59 Å². The van der Waals surface area contributed by atoms with Crippen LogP contribution in [0.25, 0.3) is 0 Å². The fourth-order valence-corrected chi connectivity index (χ4v) is 2.23. The van der Waals surface area contributed by atoms with Gasteiger partial charge in [0.05, 0.1) is 5.54 Å². The highest BCUT2D eigenvalue weighted by Crippen LogP contribution is 2.23. The predicted octanol–water partition coefficient (Wildman–Crippen LogP) is 0.769. The van der Waals surface area contributed by atoms with Crippen molar-refractivity contribution in [1.82, 2.24) is 31.1 Å². The number of tetrazole rings is 1. The van der Waals surface area contributed by atoms with Gasteiger partial charge in [-0.25, -0.2) is 0 Å². The van der Waals surface area contributed by atoms with Gasteiger partial charge in [0.1, 0.15) is 0 Å². The molecule has 2 rings (SSSR count). The number of aromatic nitrogens is 4. The third-order valence-electron chi connectivity index (χ3n) is 3.49. The molecule has 1 aliphatic rings. The molecule has 0 atom stereocenters. The molecule has 1 aromatic heterocycles. The summed E-state index contributed by atoms with van der Waals surface area (Å²) in [6.07, 6.45) is 5.05. The van der Waals surface area contributed by atoms with Crippen molar-refractivity contribution in [3.63, 3.8) is 0 Å². The van der Waals surface area contributed by atoms with E-state index >= 15 is 0 Å². The van der Waals surface area contributed by atoms with E-state index in [1.54, 1.807) is 0 Å². The summed E-state index contributed by atoms with van der Waals surface area (Å²) in [4.78, 5) is 25.1. The number of hydrazine groups is 1. The molecule has 0 unspecified atom stereocenters. The molecule has 0 saturated heterocycles. The van der Waals surface area contributed by atoms with E-state index in [4.69, 9.17) is 0 Å². The van der Waals surface area contributed by atoms with Crippen molar-refractivity contribution in [2.24, 2.45) is 5.92 Å². The third kappa shape index (κ3) is 3.99. The number of nitrogens with zero attached hydrogens (tertiary/aromatic N) is 4. The van der Waals surface area contributed by atoms with Crippen LogP contribution in [0.5, 0.6) is 0 Å². The minimum atomic E-state index is -0.561. The topological polar surface area (TPSA) is 102 Å². The minimum Gasteiger partial charge on any atom is -0.273 e. The number of amides is 2. The van der Waals surface area contributed by atoms with E-state index in [2.05, 4.69) is 26.3 Å². The first-order valence-corrected chi connectivity index (χ1v) is 7.28. The first kappa shape index (κ1) is 15.4. The first-order chi connectivity index (χ1) is 9.88. The average Bonchev–Trinajstić information content (AvgIpc) is 2.95. The average molecular weight is 294 g/mol. The summed E-state index contributed by atoms with van der Waals surface area (Å²) < 4.78 is 0. The lowest BCUT2D eigenvalue weighted by atomic mass is 9.89. The van der Waals surface area contributed by atoms with Crippen molar-refractivity contribution in [2.45, 2.75) is 58.4 Å². The van der Waals surface area contributed by atoms with Crippen LogP contribution in [0.15, 0.2) is 0 Å². The highest BCUT2D eigenvalue weighted by Gasteiger charge is 2.23. The van der Waals surface area contributed by atoms with Crippen LogP contribution in [-0.2, 0) is 10.3 Å². The van der Waals surface area contributed by atoms with Gasteiger partial charge in [-0.2, -0.15) is 4.80 Å². The van der Waals surface area contributed by atoms with Crippen LogP contribution in [-0.4, -0.2) is 32.0 Å². The standard InChI is InChI=1S/C13H22N6O2/c1-13(2,3)19-17-10(14-18-19)12(21)16-15-11(20)9-7-5-4-6-8-9/h9H,4-8H2,1-3H3,(H,15,20)(H,16,21). The molecule has 0 spiro atoms. The number of rotatable bonds is 2. The summed E-state index contributed by atoms with van der Waals surface area (Å²) in [7, 11) is 0. The maximum Gasteiger partial charge on any atom is 0.311 e. The Hall–Kier alpha value is -1.99. The van der Waals surface area contributed by atoms with E-state index in [0.717, 1.165) is 25.7 Å². The van der Waals surface area contributed by atoms with Crippen LogP contribution in [0.1, 0.15) is 63.5 Å². The molecule has 0 radical (unpaired) electrons. The zero-order chi connectivity index (χ0) is 15.5. The molecule has 0 bridgehead atoms. The van der Waals surface area contributed by atoms with E-state index in [1.807, 2.05) is 20.8 Å². The summed E-state index contributed by atoms with van der Waals surface area (Å²) >= 11 is 0. The zero-order valence-electron chi connectivity index (χ0n) is 12.7. The Balaban J connectivity index is 1.86. The van der Waals surface area contributed by atoms with Crippen LogP contribution in [0.4, 0.5) is 0 Å². The van der Waals surface area contributed by atoms with Gasteiger partial charge in [-0.05, 0) is 38.8 Å². The molecule has 0 aliphatic heterocycles. The zero-order valence-corrected chi connectivity index (χ0v) is 12.7. The molecule has 8 heteroatoms. The number of carbonyl (C=O) groups is 2. The SMILES string of the molecule is CC(C)(C)n1nnc(C(=O)NNC(=O)C2CCCCC2)n1. The molecule has 1 fully saturated rings. The van der Waals surface area contributed by atoms with Gasteiger partial charge in [0, 0.05) is 5.92 Å². The van der Waals surface area contributed by atoms with E-state index in [1.165, 1.54) is 11.2 Å². The van der Waals surface area contributed by atoms with Gasteiger partial charge in [0.25, 0.3) is 5.82 Å². The Bertz CT molecular complexity index is 513. The van der Waals surface area contributed by atoms with E-state index in [9.17, 15) is 9.59 Å². The summed E-state index contributed by atoms with van der Waals surface area (Å²) in [5.41, 5.74) is 4.44. The van der Waals surface area contributed by atoms with Crippen molar-refractivity contribution in [2.75, 3.05) is 0 Å². The van der Waals surface area contributed by atoms with Gasteiger partial charge in [0.2, 0.25) is 5.91 Å². The number of hydrogen-bond acceptors (Lipinski definition) is 5. The van der Waals surface area contributed by atoms with Gasteiger partial charge in [-0.15, -0.1) is 10.2 Å². The summed E-state index contributed by atoms with van der Waals surface area (Å²) in [5, 5.41) is 11.5. The Morgan fingerprint density at radius 1 is 1.14 bits per heavy atom. The molecule has 0 aromatic carbocycles. The molecule has 8 nitrogen and oxygen atoms in total. The highest BCUT2D eigenvalue weighted by atomic mass is 16.2. The molecular formula is C13H22N6O2. The fraction of sp³-hybridized carbons (Fsp3) is 0.769. The quantitative estimate of drug-likeness (QED) is 0.784. The highest BCUT2D eigenvalue weighted by molar-refractivity contribution is 5.92. The van der Waals surface area contributed by atoms with Crippen molar-refractivity contribution in [1.29, 1.82) is 0 Å².